The highest BCUT2D eigenvalue weighted by Gasteiger charge is 2.32. The molecule has 8 heteroatoms. The molecule has 1 saturated heterocycles. The standard InChI is InChI=1S/C7H15N2O5P/c10-4-6(15(12,13)14)9-7(11)5-2-1-3-8-5/h5-6,8,10H,1-4H2,(H,9,11)(H2,12,13,14)/t5-,6?/m0/s1. The maximum absolute atomic E-state index is 11.4. The van der Waals surface area contributed by atoms with Crippen molar-refractivity contribution in [3.63, 3.8) is 0 Å². The van der Waals surface area contributed by atoms with Gasteiger partial charge in [-0.1, -0.05) is 0 Å². The summed E-state index contributed by atoms with van der Waals surface area (Å²) < 4.78 is 10.8. The third-order valence-corrected chi connectivity index (χ3v) is 3.37. The first-order chi connectivity index (χ1) is 6.95. The summed E-state index contributed by atoms with van der Waals surface area (Å²) >= 11 is 0. The molecule has 5 N–H and O–H groups in total. The van der Waals surface area contributed by atoms with E-state index in [0.717, 1.165) is 13.0 Å². The lowest BCUT2D eigenvalue weighted by atomic mass is 10.2. The van der Waals surface area contributed by atoms with E-state index in [2.05, 4.69) is 10.6 Å². The lowest BCUT2D eigenvalue weighted by molar-refractivity contribution is -0.123. The molecule has 1 heterocycles. The number of carbonyl (C=O) groups is 1. The Labute approximate surface area is 87.0 Å². The zero-order chi connectivity index (χ0) is 11.5. The average molecular weight is 238 g/mol. The topological polar surface area (TPSA) is 119 Å². The Hall–Kier alpha value is -0.460. The van der Waals surface area contributed by atoms with Gasteiger partial charge in [-0.3, -0.25) is 9.36 Å². The van der Waals surface area contributed by atoms with Crippen molar-refractivity contribution in [2.45, 2.75) is 24.7 Å². The molecule has 0 saturated carbocycles. The second kappa shape index (κ2) is 5.05. The predicted octanol–water partition coefficient (Wildman–Crippen LogP) is -1.65. The summed E-state index contributed by atoms with van der Waals surface area (Å²) in [6, 6.07) is -0.411. The summed E-state index contributed by atoms with van der Waals surface area (Å²) in [6.07, 6.45) is 1.50. The van der Waals surface area contributed by atoms with Crippen molar-refractivity contribution in [3.8, 4) is 0 Å². The highest BCUT2D eigenvalue weighted by atomic mass is 31.2. The highest BCUT2D eigenvalue weighted by molar-refractivity contribution is 7.52. The molecule has 1 aliphatic rings. The SMILES string of the molecule is O=C(NC(CO)P(=O)(O)O)[C@@H]1CCCN1. The van der Waals surface area contributed by atoms with E-state index in [-0.39, 0.29) is 0 Å². The van der Waals surface area contributed by atoms with Crippen LogP contribution < -0.4 is 10.6 Å². The predicted molar refractivity (Wildman–Crippen MR) is 52.1 cm³/mol. The van der Waals surface area contributed by atoms with Crippen molar-refractivity contribution in [2.24, 2.45) is 0 Å². The van der Waals surface area contributed by atoms with Gasteiger partial charge < -0.3 is 25.5 Å². The Morgan fingerprint density at radius 1 is 1.60 bits per heavy atom. The van der Waals surface area contributed by atoms with E-state index in [1.165, 1.54) is 0 Å². The van der Waals surface area contributed by atoms with Crippen LogP contribution in [0.25, 0.3) is 0 Å². The van der Waals surface area contributed by atoms with E-state index in [0.29, 0.717) is 6.42 Å². The van der Waals surface area contributed by atoms with Crippen molar-refractivity contribution >= 4 is 13.5 Å². The van der Waals surface area contributed by atoms with Gasteiger partial charge in [0, 0.05) is 0 Å². The minimum atomic E-state index is -4.48. The summed E-state index contributed by atoms with van der Waals surface area (Å²) in [7, 11) is -4.48. The van der Waals surface area contributed by atoms with Crippen LogP contribution in [-0.2, 0) is 9.36 Å². The summed E-state index contributed by atoms with van der Waals surface area (Å²) in [5.41, 5.74) is 0. The van der Waals surface area contributed by atoms with Crippen LogP contribution in [0.5, 0.6) is 0 Å². The maximum atomic E-state index is 11.4. The van der Waals surface area contributed by atoms with Crippen LogP contribution in [0.1, 0.15) is 12.8 Å². The molecule has 0 aliphatic carbocycles. The summed E-state index contributed by atoms with van der Waals surface area (Å²) in [5, 5.41) is 13.8. The quantitative estimate of drug-likeness (QED) is 0.374. The number of aliphatic hydroxyl groups is 1. The van der Waals surface area contributed by atoms with Crippen molar-refractivity contribution in [1.29, 1.82) is 0 Å². The summed E-state index contributed by atoms with van der Waals surface area (Å²) in [6.45, 7) is -0.0550. The largest absolute Gasteiger partial charge is 0.394 e. The molecule has 0 aromatic rings. The zero-order valence-corrected chi connectivity index (χ0v) is 8.98. The number of hydrogen-bond acceptors (Lipinski definition) is 4. The Bertz CT molecular complexity index is 273. The molecule has 0 radical (unpaired) electrons. The van der Waals surface area contributed by atoms with Crippen LogP contribution in [-0.4, -0.2) is 45.8 Å². The Kier molecular flexibility index (Phi) is 4.24. The van der Waals surface area contributed by atoms with Crippen LogP contribution in [0.2, 0.25) is 0 Å². The molecular formula is C7H15N2O5P. The van der Waals surface area contributed by atoms with E-state index in [1.54, 1.807) is 0 Å². The molecule has 0 spiro atoms. The first-order valence-corrected chi connectivity index (χ1v) is 6.33. The van der Waals surface area contributed by atoms with Gasteiger partial charge in [0.1, 0.15) is 0 Å². The summed E-state index contributed by atoms with van der Waals surface area (Å²) in [5.74, 6) is -1.98. The van der Waals surface area contributed by atoms with Gasteiger partial charge in [-0.15, -0.1) is 0 Å². The van der Waals surface area contributed by atoms with Gasteiger partial charge in [-0.25, -0.2) is 0 Å². The third-order valence-electron chi connectivity index (χ3n) is 2.26. The number of nitrogens with one attached hydrogen (secondary N) is 2. The Morgan fingerprint density at radius 3 is 2.67 bits per heavy atom. The van der Waals surface area contributed by atoms with E-state index in [9.17, 15) is 9.36 Å². The molecule has 88 valence electrons. The van der Waals surface area contributed by atoms with Gasteiger partial charge in [0.2, 0.25) is 5.91 Å². The van der Waals surface area contributed by atoms with E-state index < -0.39 is 31.9 Å². The fourth-order valence-electron chi connectivity index (χ4n) is 1.41. The molecule has 1 unspecified atom stereocenters. The van der Waals surface area contributed by atoms with Crippen LogP contribution >= 0.6 is 7.60 Å². The number of hydrogen-bond donors (Lipinski definition) is 5. The van der Waals surface area contributed by atoms with Crippen LogP contribution in [0.3, 0.4) is 0 Å². The van der Waals surface area contributed by atoms with Gasteiger partial charge >= 0.3 is 7.60 Å². The Morgan fingerprint density at radius 2 is 2.27 bits per heavy atom. The monoisotopic (exact) mass is 238 g/mol. The molecular weight excluding hydrogens is 223 g/mol. The molecule has 7 nitrogen and oxygen atoms in total. The van der Waals surface area contributed by atoms with Crippen molar-refractivity contribution in [3.05, 3.63) is 0 Å². The van der Waals surface area contributed by atoms with E-state index in [1.807, 2.05) is 0 Å². The molecule has 1 fully saturated rings. The van der Waals surface area contributed by atoms with Crippen LogP contribution in [0.4, 0.5) is 0 Å². The minimum Gasteiger partial charge on any atom is -0.394 e. The fourth-order valence-corrected chi connectivity index (χ4v) is 1.92. The van der Waals surface area contributed by atoms with Crippen LogP contribution in [0, 0.1) is 0 Å². The minimum absolute atomic E-state index is 0.411. The normalized spacial score (nSPS) is 23.8. The fraction of sp³-hybridized carbons (Fsp3) is 0.857. The van der Waals surface area contributed by atoms with E-state index >= 15 is 0 Å². The van der Waals surface area contributed by atoms with Crippen molar-refractivity contribution in [1.82, 2.24) is 10.6 Å². The smallest absolute Gasteiger partial charge is 0.350 e. The average Bonchev–Trinajstić information content (AvgIpc) is 2.64. The second-order valence-electron chi connectivity index (χ2n) is 3.44. The van der Waals surface area contributed by atoms with Gasteiger partial charge in [-0.2, -0.15) is 0 Å². The molecule has 0 bridgehead atoms. The molecule has 15 heavy (non-hydrogen) atoms. The molecule has 1 rings (SSSR count). The number of rotatable bonds is 4. The van der Waals surface area contributed by atoms with Gasteiger partial charge in [-0.05, 0) is 19.4 Å². The number of aliphatic hydroxyl groups excluding tert-OH is 1. The first-order valence-electron chi connectivity index (χ1n) is 4.65. The van der Waals surface area contributed by atoms with Crippen molar-refractivity contribution in [2.75, 3.05) is 13.2 Å². The molecule has 2 atom stereocenters. The Balaban J connectivity index is 2.51. The first kappa shape index (κ1) is 12.6. The molecule has 1 aliphatic heterocycles. The van der Waals surface area contributed by atoms with Gasteiger partial charge in [0.25, 0.3) is 0 Å². The zero-order valence-electron chi connectivity index (χ0n) is 8.09. The molecule has 0 aromatic heterocycles. The number of amides is 1. The lowest BCUT2D eigenvalue weighted by Gasteiger charge is -2.19. The van der Waals surface area contributed by atoms with E-state index in [4.69, 9.17) is 14.9 Å². The number of carbonyl (C=O) groups excluding carboxylic acids is 1. The molecule has 1 amide bonds. The lowest BCUT2D eigenvalue weighted by Crippen LogP contribution is -2.46. The van der Waals surface area contributed by atoms with Gasteiger partial charge in [0.15, 0.2) is 5.78 Å². The highest BCUT2D eigenvalue weighted by Crippen LogP contribution is 2.39. The van der Waals surface area contributed by atoms with Gasteiger partial charge in [0.05, 0.1) is 12.6 Å². The van der Waals surface area contributed by atoms with Crippen molar-refractivity contribution < 1.29 is 24.3 Å². The maximum Gasteiger partial charge on any atom is 0.350 e. The second-order valence-corrected chi connectivity index (χ2v) is 5.25. The van der Waals surface area contributed by atoms with Crippen LogP contribution in [0.15, 0.2) is 0 Å². The molecule has 0 aromatic carbocycles. The third kappa shape index (κ3) is 3.55. The summed E-state index contributed by atoms with van der Waals surface area (Å²) in [4.78, 5) is 29.0.